The second-order valence-electron chi connectivity index (χ2n) is 8.54. The number of allylic oxidation sites excluding steroid dienone is 2. The van der Waals surface area contributed by atoms with Crippen LogP contribution < -0.4 is 0 Å². The van der Waals surface area contributed by atoms with Crippen LogP contribution in [0.5, 0.6) is 0 Å². The molecule has 0 saturated heterocycles. The van der Waals surface area contributed by atoms with Gasteiger partial charge >= 0.3 is 31.1 Å². The van der Waals surface area contributed by atoms with E-state index in [0.29, 0.717) is 5.56 Å². The van der Waals surface area contributed by atoms with E-state index in [2.05, 4.69) is 90.4 Å². The zero-order chi connectivity index (χ0) is 26.9. The standard InChI is InChI=1S/C33H21FI.C3H5.U/c1-2-5-23-8-15-27(16-9-23)30-21-32(34)31(33(35)22-30)19-12-24-10-13-26(14-11-24)29-18-17-25-6-3-4-7-28(25)20-29;1-3-2;/h2,4-11,13-18,20-22H,1H3;3H,1-2H2;/q2*-1;+2/b5-2+;;. The van der Waals surface area contributed by atoms with Crippen molar-refractivity contribution >= 4 is 39.4 Å². The van der Waals surface area contributed by atoms with Crippen molar-refractivity contribution in [1.29, 1.82) is 0 Å². The monoisotopic (exact) mass is 842 g/mol. The molecule has 0 spiro atoms. The van der Waals surface area contributed by atoms with Crippen LogP contribution in [0.25, 0.3) is 39.1 Å². The summed E-state index contributed by atoms with van der Waals surface area (Å²) >= 11 is 2.17. The molecule has 0 aromatic heterocycles. The van der Waals surface area contributed by atoms with Gasteiger partial charge in [-0.1, -0.05) is 72.5 Å². The van der Waals surface area contributed by atoms with Crippen LogP contribution in [0.15, 0.2) is 116 Å². The molecular formula is C36H26FIU. The van der Waals surface area contributed by atoms with Crippen LogP contribution in [-0.2, 0) is 0 Å². The van der Waals surface area contributed by atoms with Crippen LogP contribution in [0.4, 0.5) is 4.39 Å². The smallest absolute Gasteiger partial charge is 0.245 e. The normalized spacial score (nSPS) is 10.1. The Labute approximate surface area is 268 Å². The fraction of sp³-hybridized carbons (Fsp3) is 0.0278. The summed E-state index contributed by atoms with van der Waals surface area (Å²) < 4.78 is 15.8. The van der Waals surface area contributed by atoms with Crippen molar-refractivity contribution in [3.63, 3.8) is 0 Å². The van der Waals surface area contributed by atoms with Gasteiger partial charge in [0.05, 0.1) is 5.56 Å². The third-order valence-corrected chi connectivity index (χ3v) is 6.73. The zero-order valence-corrected chi connectivity index (χ0v) is 28.0. The van der Waals surface area contributed by atoms with Crippen LogP contribution in [-0.4, -0.2) is 0 Å². The van der Waals surface area contributed by atoms with Gasteiger partial charge in [0.25, 0.3) is 0 Å². The quantitative estimate of drug-likeness (QED) is 0.0965. The first-order valence-corrected chi connectivity index (χ1v) is 13.2. The molecule has 0 saturated carbocycles. The Morgan fingerprint density at radius 2 is 1.46 bits per heavy atom. The van der Waals surface area contributed by atoms with Gasteiger partial charge < -0.3 is 0 Å². The number of fused-ring (bicyclic) bond motifs is 1. The Balaban J connectivity index is 0.00000101. The van der Waals surface area contributed by atoms with Gasteiger partial charge in [0.2, 0.25) is 0 Å². The third-order valence-electron chi connectivity index (χ3n) is 5.88. The van der Waals surface area contributed by atoms with E-state index in [9.17, 15) is 4.39 Å². The molecule has 3 heteroatoms. The van der Waals surface area contributed by atoms with E-state index in [1.54, 1.807) is 6.07 Å². The van der Waals surface area contributed by atoms with Crippen LogP contribution in [0.3, 0.4) is 0 Å². The van der Waals surface area contributed by atoms with E-state index < -0.39 is 0 Å². The van der Waals surface area contributed by atoms with E-state index in [-0.39, 0.29) is 36.9 Å². The molecule has 0 fully saturated rings. The number of halogens is 2. The van der Waals surface area contributed by atoms with E-state index in [0.717, 1.165) is 37.0 Å². The average molecular weight is 843 g/mol. The van der Waals surface area contributed by atoms with Crippen molar-refractivity contribution in [3.05, 3.63) is 155 Å². The Morgan fingerprint density at radius 1 is 0.821 bits per heavy atom. The summed E-state index contributed by atoms with van der Waals surface area (Å²) in [5.41, 5.74) is 6.51. The van der Waals surface area contributed by atoms with Gasteiger partial charge in [-0.2, -0.15) is 24.3 Å². The van der Waals surface area contributed by atoms with Crippen molar-refractivity contribution in [2.75, 3.05) is 0 Å². The van der Waals surface area contributed by atoms with Crippen LogP contribution in [0.1, 0.15) is 23.6 Å². The maximum atomic E-state index is 15.0. The average Bonchev–Trinajstić information content (AvgIpc) is 2.93. The molecule has 0 unspecified atom stereocenters. The molecule has 188 valence electrons. The molecular weight excluding hydrogens is 816 g/mol. The fourth-order valence-electron chi connectivity index (χ4n) is 4.02. The second-order valence-corrected chi connectivity index (χ2v) is 9.70. The van der Waals surface area contributed by atoms with Crippen LogP contribution >= 0.6 is 22.6 Å². The van der Waals surface area contributed by atoms with Crippen molar-refractivity contribution in [2.24, 2.45) is 0 Å². The number of hydrogen-bond acceptors (Lipinski definition) is 0. The van der Waals surface area contributed by atoms with E-state index in [4.69, 9.17) is 0 Å². The maximum Gasteiger partial charge on any atom is 2.00 e. The van der Waals surface area contributed by atoms with Crippen LogP contribution in [0, 0.1) is 65.3 Å². The Kier molecular flexibility index (Phi) is 11.7. The minimum Gasteiger partial charge on any atom is -0.245 e. The molecule has 0 aliphatic rings. The summed E-state index contributed by atoms with van der Waals surface area (Å²) in [4.78, 5) is 0. The Bertz CT molecular complexity index is 1630. The van der Waals surface area contributed by atoms with Gasteiger partial charge in [-0.3, -0.25) is 0 Å². The predicted molar refractivity (Wildman–Crippen MR) is 169 cm³/mol. The summed E-state index contributed by atoms with van der Waals surface area (Å²) in [5.74, 6) is 5.86. The molecule has 0 heterocycles. The first-order valence-electron chi connectivity index (χ1n) is 12.2. The first kappa shape index (κ1) is 30.5. The van der Waals surface area contributed by atoms with Gasteiger partial charge in [-0.05, 0) is 81.6 Å². The van der Waals surface area contributed by atoms with Crippen molar-refractivity contribution in [1.82, 2.24) is 0 Å². The van der Waals surface area contributed by atoms with E-state index >= 15 is 0 Å². The van der Waals surface area contributed by atoms with Crippen molar-refractivity contribution in [3.8, 4) is 34.1 Å². The SMILES string of the molecule is C/C=C/c1ccc(-c2cc(F)c(C#Cc3ccc(-c4ccc5c[c-]ccc5c4)cc3)c(I)c2)cc1.C=C[CH2-].[U+2]. The minimum absolute atomic E-state index is 0. The summed E-state index contributed by atoms with van der Waals surface area (Å²) in [7, 11) is 0. The minimum atomic E-state index is -0.304. The number of benzene rings is 5. The topological polar surface area (TPSA) is 0 Å². The number of hydrogen-bond donors (Lipinski definition) is 0. The largest absolute Gasteiger partial charge is 2.00 e. The maximum absolute atomic E-state index is 15.0. The molecule has 0 radical (unpaired) electrons. The molecule has 0 aliphatic heterocycles. The molecule has 0 bridgehead atoms. The van der Waals surface area contributed by atoms with Crippen molar-refractivity contribution < 1.29 is 35.5 Å². The van der Waals surface area contributed by atoms with E-state index in [1.165, 1.54) is 16.8 Å². The van der Waals surface area contributed by atoms with Gasteiger partial charge in [-0.25, -0.2) is 24.0 Å². The second kappa shape index (κ2) is 14.9. The summed E-state index contributed by atoms with van der Waals surface area (Å²) in [6.45, 7) is 8.49. The molecule has 0 aliphatic carbocycles. The molecule has 0 N–H and O–H groups in total. The Hall–Kier alpha value is -3.02. The van der Waals surface area contributed by atoms with Crippen molar-refractivity contribution in [2.45, 2.75) is 6.92 Å². The third kappa shape index (κ3) is 8.00. The van der Waals surface area contributed by atoms with Gasteiger partial charge in [0.1, 0.15) is 5.82 Å². The molecule has 5 rings (SSSR count). The predicted octanol–water partition coefficient (Wildman–Crippen LogP) is 10.2. The summed E-state index contributed by atoms with van der Waals surface area (Å²) in [6.07, 6.45) is 5.54. The molecule has 39 heavy (non-hydrogen) atoms. The van der Waals surface area contributed by atoms with Crippen LogP contribution in [0.2, 0.25) is 0 Å². The van der Waals surface area contributed by atoms with E-state index in [1.807, 2.05) is 73.7 Å². The number of rotatable bonds is 3. The first-order chi connectivity index (χ1) is 18.5. The fourth-order valence-corrected chi connectivity index (χ4v) is 4.75. The Morgan fingerprint density at radius 3 is 2.13 bits per heavy atom. The molecule has 0 amide bonds. The zero-order valence-electron chi connectivity index (χ0n) is 21.6. The van der Waals surface area contributed by atoms with Gasteiger partial charge in [-0.15, -0.1) is 16.8 Å². The van der Waals surface area contributed by atoms with Gasteiger partial charge in [0.15, 0.2) is 0 Å². The molecule has 5 aromatic rings. The summed E-state index contributed by atoms with van der Waals surface area (Å²) in [6, 6.07) is 35.2. The van der Waals surface area contributed by atoms with Gasteiger partial charge in [0, 0.05) is 9.13 Å². The summed E-state index contributed by atoms with van der Waals surface area (Å²) in [5, 5.41) is 2.36. The molecule has 0 atom stereocenters. The molecule has 0 nitrogen and oxygen atoms in total. The molecule has 5 aromatic carbocycles.